The Balaban J connectivity index is 2.31. The van der Waals surface area contributed by atoms with Gasteiger partial charge in [0.25, 0.3) is 5.91 Å². The van der Waals surface area contributed by atoms with Gasteiger partial charge in [-0.25, -0.2) is 4.39 Å². The van der Waals surface area contributed by atoms with Crippen molar-refractivity contribution in [2.75, 3.05) is 13.1 Å². The lowest BCUT2D eigenvalue weighted by Gasteiger charge is -2.11. The molecule has 2 rings (SSSR count). The number of benzene rings is 1. The van der Waals surface area contributed by atoms with E-state index in [1.165, 1.54) is 23.9 Å². The molecule has 1 aliphatic heterocycles. The van der Waals surface area contributed by atoms with Gasteiger partial charge < -0.3 is 0 Å². The van der Waals surface area contributed by atoms with Gasteiger partial charge in [-0.1, -0.05) is 12.1 Å². The first kappa shape index (κ1) is 13.8. The molecule has 0 atom stereocenters. The summed E-state index contributed by atoms with van der Waals surface area (Å²) in [5.74, 6) is -0.372. The van der Waals surface area contributed by atoms with Gasteiger partial charge in [0, 0.05) is 13.1 Å². The average Bonchev–Trinajstić information content (AvgIpc) is 2.66. The van der Waals surface area contributed by atoms with Crippen LogP contribution in [0.25, 0.3) is 6.08 Å². The summed E-state index contributed by atoms with van der Waals surface area (Å²) in [5, 5.41) is 0.720. The highest BCUT2D eigenvalue weighted by Crippen LogP contribution is 2.32. The number of aliphatic imine (C=N–C) groups is 1. The Kier molecular flexibility index (Phi) is 4.37. The molecule has 0 spiro atoms. The molecule has 0 aromatic heterocycles. The van der Waals surface area contributed by atoms with Crippen molar-refractivity contribution in [1.29, 1.82) is 0 Å². The van der Waals surface area contributed by atoms with Crippen molar-refractivity contribution < 1.29 is 9.18 Å². The van der Waals surface area contributed by atoms with Crippen LogP contribution in [0.1, 0.15) is 19.4 Å². The van der Waals surface area contributed by atoms with Crippen LogP contribution >= 0.6 is 11.8 Å². The summed E-state index contributed by atoms with van der Waals surface area (Å²) in [6, 6.07) is 6.19. The Morgan fingerprint density at radius 3 is 2.84 bits per heavy atom. The van der Waals surface area contributed by atoms with Gasteiger partial charge in [0.15, 0.2) is 5.17 Å². The predicted molar refractivity (Wildman–Crippen MR) is 77.3 cm³/mol. The second-order valence-electron chi connectivity index (χ2n) is 3.97. The number of hydrogen-bond acceptors (Lipinski definition) is 3. The number of amidine groups is 1. The maximum atomic E-state index is 13.1. The third-order valence-corrected chi connectivity index (χ3v) is 3.69. The van der Waals surface area contributed by atoms with Gasteiger partial charge in [0.1, 0.15) is 5.82 Å². The van der Waals surface area contributed by atoms with Gasteiger partial charge in [0.05, 0.1) is 4.91 Å². The summed E-state index contributed by atoms with van der Waals surface area (Å²) >= 11 is 1.34. The van der Waals surface area contributed by atoms with Crippen molar-refractivity contribution in [3.63, 3.8) is 0 Å². The summed E-state index contributed by atoms with van der Waals surface area (Å²) in [7, 11) is 0. The molecule has 100 valence electrons. The largest absolute Gasteiger partial charge is 0.287 e. The number of rotatable bonds is 3. The van der Waals surface area contributed by atoms with E-state index >= 15 is 0 Å². The Bertz CT molecular complexity index is 554. The van der Waals surface area contributed by atoms with Crippen LogP contribution in [-0.4, -0.2) is 29.1 Å². The molecule has 1 fully saturated rings. The first-order valence-corrected chi connectivity index (χ1v) is 6.98. The third-order valence-electron chi connectivity index (χ3n) is 2.64. The summed E-state index contributed by atoms with van der Waals surface area (Å²) in [5.41, 5.74) is 0.685. The lowest BCUT2D eigenvalue weighted by atomic mass is 10.2. The van der Waals surface area contributed by atoms with Crippen molar-refractivity contribution in [3.05, 3.63) is 40.6 Å². The smallest absolute Gasteiger partial charge is 0.266 e. The van der Waals surface area contributed by atoms with Gasteiger partial charge in [-0.2, -0.15) is 0 Å². The number of hydrogen-bond donors (Lipinski definition) is 0. The quantitative estimate of drug-likeness (QED) is 0.796. The second-order valence-corrected chi connectivity index (χ2v) is 4.98. The van der Waals surface area contributed by atoms with E-state index in [-0.39, 0.29) is 11.7 Å². The standard InChI is InChI=1S/C14H15FN2OS/c1-3-16-14-17(4-2)13(18)12(19-14)9-10-6-5-7-11(15)8-10/h5-9H,3-4H2,1-2H3/b12-9+,16-14?. The topological polar surface area (TPSA) is 32.7 Å². The minimum Gasteiger partial charge on any atom is -0.287 e. The fourth-order valence-electron chi connectivity index (χ4n) is 1.79. The maximum absolute atomic E-state index is 13.1. The number of likely N-dealkylation sites (N-methyl/N-ethyl adjacent to an activating group) is 1. The third kappa shape index (κ3) is 3.04. The van der Waals surface area contributed by atoms with Crippen molar-refractivity contribution in [3.8, 4) is 0 Å². The molecular formula is C14H15FN2OS. The number of thioether (sulfide) groups is 1. The molecule has 1 amide bonds. The van der Waals surface area contributed by atoms with E-state index in [4.69, 9.17) is 0 Å². The molecule has 1 heterocycles. The molecule has 5 heteroatoms. The first-order valence-electron chi connectivity index (χ1n) is 6.17. The summed E-state index contributed by atoms with van der Waals surface area (Å²) in [6.45, 7) is 5.07. The summed E-state index contributed by atoms with van der Waals surface area (Å²) < 4.78 is 13.1. The fraction of sp³-hybridized carbons (Fsp3) is 0.286. The number of amides is 1. The van der Waals surface area contributed by atoms with Crippen molar-refractivity contribution >= 4 is 28.9 Å². The predicted octanol–water partition coefficient (Wildman–Crippen LogP) is 3.14. The van der Waals surface area contributed by atoms with E-state index in [1.54, 1.807) is 23.1 Å². The molecule has 0 radical (unpaired) electrons. The Morgan fingerprint density at radius 2 is 2.21 bits per heavy atom. The van der Waals surface area contributed by atoms with Crippen LogP contribution in [0.5, 0.6) is 0 Å². The summed E-state index contributed by atoms with van der Waals surface area (Å²) in [4.78, 5) is 18.7. The van der Waals surface area contributed by atoms with E-state index in [2.05, 4.69) is 4.99 Å². The number of carbonyl (C=O) groups excluding carboxylic acids is 1. The zero-order valence-corrected chi connectivity index (χ0v) is 11.7. The summed E-state index contributed by atoms with van der Waals surface area (Å²) in [6.07, 6.45) is 1.71. The SMILES string of the molecule is CCN=C1S/C(=C/c2cccc(F)c2)C(=O)N1CC. The number of nitrogens with zero attached hydrogens (tertiary/aromatic N) is 2. The number of halogens is 1. The van der Waals surface area contributed by atoms with E-state index in [9.17, 15) is 9.18 Å². The van der Waals surface area contributed by atoms with Crippen LogP contribution in [0.3, 0.4) is 0 Å². The van der Waals surface area contributed by atoms with E-state index in [0.717, 1.165) is 5.17 Å². The first-order chi connectivity index (χ1) is 9.15. The second kappa shape index (κ2) is 6.02. The lowest BCUT2D eigenvalue weighted by Crippen LogP contribution is -2.28. The zero-order valence-electron chi connectivity index (χ0n) is 10.9. The molecule has 0 N–H and O–H groups in total. The molecule has 1 aromatic rings. The van der Waals surface area contributed by atoms with Crippen molar-refractivity contribution in [2.45, 2.75) is 13.8 Å². The molecule has 0 bridgehead atoms. The Morgan fingerprint density at radius 1 is 1.42 bits per heavy atom. The van der Waals surface area contributed by atoms with Gasteiger partial charge in [-0.15, -0.1) is 0 Å². The molecule has 1 aliphatic rings. The minimum absolute atomic E-state index is 0.0658. The molecule has 19 heavy (non-hydrogen) atoms. The average molecular weight is 278 g/mol. The van der Waals surface area contributed by atoms with Crippen LogP contribution in [-0.2, 0) is 4.79 Å². The van der Waals surface area contributed by atoms with Crippen LogP contribution in [0.4, 0.5) is 4.39 Å². The van der Waals surface area contributed by atoms with Crippen LogP contribution in [0.15, 0.2) is 34.2 Å². The highest BCUT2D eigenvalue weighted by molar-refractivity contribution is 8.18. The molecule has 0 saturated carbocycles. The van der Waals surface area contributed by atoms with Gasteiger partial charge in [-0.3, -0.25) is 14.7 Å². The Labute approximate surface area is 116 Å². The van der Waals surface area contributed by atoms with E-state index in [0.29, 0.717) is 23.6 Å². The number of carbonyl (C=O) groups is 1. The zero-order chi connectivity index (χ0) is 13.8. The van der Waals surface area contributed by atoms with Gasteiger partial charge >= 0.3 is 0 Å². The van der Waals surface area contributed by atoms with Crippen molar-refractivity contribution in [2.24, 2.45) is 4.99 Å². The van der Waals surface area contributed by atoms with Crippen LogP contribution in [0.2, 0.25) is 0 Å². The fourth-order valence-corrected chi connectivity index (χ4v) is 2.89. The molecule has 0 aliphatic carbocycles. The molecule has 3 nitrogen and oxygen atoms in total. The normalized spacial score (nSPS) is 19.7. The maximum Gasteiger partial charge on any atom is 0.266 e. The Hall–Kier alpha value is -1.62. The van der Waals surface area contributed by atoms with Crippen molar-refractivity contribution in [1.82, 2.24) is 4.90 Å². The van der Waals surface area contributed by atoms with E-state index in [1.807, 2.05) is 13.8 Å². The molecular weight excluding hydrogens is 263 g/mol. The van der Waals surface area contributed by atoms with Gasteiger partial charge in [0.2, 0.25) is 0 Å². The van der Waals surface area contributed by atoms with Gasteiger partial charge in [-0.05, 0) is 49.4 Å². The monoisotopic (exact) mass is 278 g/mol. The molecule has 1 aromatic carbocycles. The minimum atomic E-state index is -0.306. The van der Waals surface area contributed by atoms with E-state index < -0.39 is 0 Å². The highest BCUT2D eigenvalue weighted by Gasteiger charge is 2.31. The highest BCUT2D eigenvalue weighted by atomic mass is 32.2. The lowest BCUT2D eigenvalue weighted by molar-refractivity contribution is -0.122. The van der Waals surface area contributed by atoms with Crippen LogP contribution < -0.4 is 0 Å². The van der Waals surface area contributed by atoms with Crippen LogP contribution in [0, 0.1) is 5.82 Å². The molecule has 1 saturated heterocycles. The molecule has 0 unspecified atom stereocenters.